The van der Waals surface area contributed by atoms with Crippen LogP contribution in [0.5, 0.6) is 5.75 Å². The molecule has 2 N–H and O–H groups in total. The maximum absolute atomic E-state index is 13.3. The molecule has 7 heteroatoms. The lowest BCUT2D eigenvalue weighted by Gasteiger charge is -2.34. The fraction of sp³-hybridized carbons (Fsp3) is 0.381. The van der Waals surface area contributed by atoms with Gasteiger partial charge in [0.25, 0.3) is 0 Å². The van der Waals surface area contributed by atoms with Crippen LogP contribution in [0.3, 0.4) is 0 Å². The number of nitrogens with zero attached hydrogens (tertiary/aromatic N) is 1. The average molecular weight is 406 g/mol. The first-order valence-corrected chi connectivity index (χ1v) is 9.75. The number of hydrogen-bond acceptors (Lipinski definition) is 3. The van der Waals surface area contributed by atoms with E-state index in [0.717, 1.165) is 42.9 Å². The third-order valence-electron chi connectivity index (χ3n) is 5.06. The molecule has 2 aromatic rings. The normalized spacial score (nSPS) is 15.8. The van der Waals surface area contributed by atoms with Gasteiger partial charge < -0.3 is 20.3 Å². The molecule has 5 nitrogen and oxygen atoms in total. The lowest BCUT2D eigenvalue weighted by molar-refractivity contribution is 0.231. The molecule has 0 bridgehead atoms. The van der Waals surface area contributed by atoms with Gasteiger partial charge in [-0.3, -0.25) is 0 Å². The van der Waals surface area contributed by atoms with Crippen LogP contribution in [0.2, 0.25) is 5.02 Å². The van der Waals surface area contributed by atoms with E-state index in [1.165, 1.54) is 12.1 Å². The van der Waals surface area contributed by atoms with Crippen LogP contribution >= 0.6 is 11.6 Å². The Morgan fingerprint density at radius 3 is 2.50 bits per heavy atom. The molecule has 1 unspecified atom stereocenters. The van der Waals surface area contributed by atoms with Crippen LogP contribution < -0.4 is 20.3 Å². The number of piperidine rings is 1. The van der Waals surface area contributed by atoms with Gasteiger partial charge in [0, 0.05) is 24.8 Å². The standard InChI is InChI=1S/C21H25ClFN3O2/c1-14(15-3-8-20(23)19(22)13-15)24-21(27)25-16-9-11-26(12-10-16)17-4-6-18(28-2)7-5-17/h3-8,13-14,16H,9-12H2,1-2H3,(H2,24,25,27). The number of urea groups is 1. The summed E-state index contributed by atoms with van der Waals surface area (Å²) in [7, 11) is 1.66. The Balaban J connectivity index is 1.47. The van der Waals surface area contributed by atoms with Crippen LogP contribution in [0.1, 0.15) is 31.4 Å². The zero-order valence-electron chi connectivity index (χ0n) is 16.0. The molecule has 0 radical (unpaired) electrons. The number of hydrogen-bond donors (Lipinski definition) is 2. The maximum Gasteiger partial charge on any atom is 0.315 e. The predicted octanol–water partition coefficient (Wildman–Crippen LogP) is 4.52. The zero-order chi connectivity index (χ0) is 20.1. The SMILES string of the molecule is COc1ccc(N2CCC(NC(=O)NC(C)c3ccc(F)c(Cl)c3)CC2)cc1. The summed E-state index contributed by atoms with van der Waals surface area (Å²) in [5.74, 6) is 0.374. The van der Waals surface area contributed by atoms with E-state index in [4.69, 9.17) is 16.3 Å². The molecule has 28 heavy (non-hydrogen) atoms. The molecule has 3 rings (SSSR count). The summed E-state index contributed by atoms with van der Waals surface area (Å²) in [5.41, 5.74) is 1.92. The zero-order valence-corrected chi connectivity index (χ0v) is 16.8. The van der Waals surface area contributed by atoms with Gasteiger partial charge in [-0.05, 0) is 61.7 Å². The number of carbonyl (C=O) groups is 1. The molecule has 0 aromatic heterocycles. The summed E-state index contributed by atoms with van der Waals surface area (Å²) in [5, 5.41) is 5.97. The van der Waals surface area contributed by atoms with Gasteiger partial charge in [-0.2, -0.15) is 0 Å². The Kier molecular flexibility index (Phi) is 6.62. The number of benzene rings is 2. The Labute approximate surface area is 169 Å². The maximum atomic E-state index is 13.3. The molecule has 1 aliphatic rings. The summed E-state index contributed by atoms with van der Waals surface area (Å²) >= 11 is 5.82. The van der Waals surface area contributed by atoms with Crippen LogP contribution in [0.4, 0.5) is 14.9 Å². The second-order valence-corrected chi connectivity index (χ2v) is 7.38. The van der Waals surface area contributed by atoms with Crippen LogP contribution in [-0.4, -0.2) is 32.3 Å². The summed E-state index contributed by atoms with van der Waals surface area (Å²) in [6, 6.07) is 12.1. The second-order valence-electron chi connectivity index (χ2n) is 6.97. The van der Waals surface area contributed by atoms with E-state index in [1.807, 2.05) is 19.1 Å². The van der Waals surface area contributed by atoms with Gasteiger partial charge >= 0.3 is 6.03 Å². The highest BCUT2D eigenvalue weighted by Crippen LogP contribution is 2.23. The van der Waals surface area contributed by atoms with E-state index in [2.05, 4.69) is 27.7 Å². The highest BCUT2D eigenvalue weighted by atomic mass is 35.5. The number of rotatable bonds is 5. The summed E-state index contributed by atoms with van der Waals surface area (Å²) < 4.78 is 18.5. The fourth-order valence-electron chi connectivity index (χ4n) is 3.36. The third kappa shape index (κ3) is 5.07. The monoisotopic (exact) mass is 405 g/mol. The quantitative estimate of drug-likeness (QED) is 0.769. The van der Waals surface area contributed by atoms with Crippen molar-refractivity contribution in [3.8, 4) is 5.75 Å². The van der Waals surface area contributed by atoms with Crippen molar-refractivity contribution in [1.82, 2.24) is 10.6 Å². The summed E-state index contributed by atoms with van der Waals surface area (Å²) in [6.45, 7) is 3.59. The molecule has 2 amide bonds. The van der Waals surface area contributed by atoms with Crippen molar-refractivity contribution in [2.75, 3.05) is 25.1 Å². The summed E-state index contributed by atoms with van der Waals surface area (Å²) in [6.07, 6.45) is 1.74. The van der Waals surface area contributed by atoms with Crippen LogP contribution in [0, 0.1) is 5.82 Å². The van der Waals surface area contributed by atoms with Crippen molar-refractivity contribution in [2.45, 2.75) is 31.8 Å². The van der Waals surface area contributed by atoms with E-state index >= 15 is 0 Å². The first-order chi connectivity index (χ1) is 13.5. The number of methoxy groups -OCH3 is 1. The minimum absolute atomic E-state index is 0.0532. The van der Waals surface area contributed by atoms with E-state index in [1.54, 1.807) is 13.2 Å². The lowest BCUT2D eigenvalue weighted by atomic mass is 10.0. The van der Waals surface area contributed by atoms with E-state index in [-0.39, 0.29) is 23.1 Å². The minimum Gasteiger partial charge on any atom is -0.497 e. The number of anilines is 1. The van der Waals surface area contributed by atoms with Crippen molar-refractivity contribution in [1.29, 1.82) is 0 Å². The molecule has 0 spiro atoms. The Hall–Kier alpha value is -2.47. The molecule has 2 aromatic carbocycles. The predicted molar refractivity (Wildman–Crippen MR) is 110 cm³/mol. The molecular formula is C21H25ClFN3O2. The number of carbonyl (C=O) groups excluding carboxylic acids is 1. The molecule has 150 valence electrons. The van der Waals surface area contributed by atoms with E-state index < -0.39 is 5.82 Å². The largest absolute Gasteiger partial charge is 0.497 e. The topological polar surface area (TPSA) is 53.6 Å². The number of amides is 2. The second kappa shape index (κ2) is 9.15. The van der Waals surface area contributed by atoms with Gasteiger partial charge in [0.2, 0.25) is 0 Å². The van der Waals surface area contributed by atoms with Crippen molar-refractivity contribution in [3.63, 3.8) is 0 Å². The smallest absolute Gasteiger partial charge is 0.315 e. The molecule has 0 aliphatic carbocycles. The number of halogens is 2. The summed E-state index contributed by atoms with van der Waals surface area (Å²) in [4.78, 5) is 14.6. The van der Waals surface area contributed by atoms with Gasteiger partial charge in [0.15, 0.2) is 0 Å². The highest BCUT2D eigenvalue weighted by molar-refractivity contribution is 6.30. The molecular weight excluding hydrogens is 381 g/mol. The van der Waals surface area contributed by atoms with Crippen LogP contribution in [0.25, 0.3) is 0 Å². The van der Waals surface area contributed by atoms with Gasteiger partial charge in [0.05, 0.1) is 18.2 Å². The highest BCUT2D eigenvalue weighted by Gasteiger charge is 2.21. The fourth-order valence-corrected chi connectivity index (χ4v) is 3.55. The molecule has 1 heterocycles. The van der Waals surface area contributed by atoms with Crippen LogP contribution in [-0.2, 0) is 0 Å². The Morgan fingerprint density at radius 1 is 1.21 bits per heavy atom. The lowest BCUT2D eigenvalue weighted by Crippen LogP contribution is -2.48. The molecule has 1 saturated heterocycles. The van der Waals surface area contributed by atoms with Crippen molar-refractivity contribution < 1.29 is 13.9 Å². The van der Waals surface area contributed by atoms with Crippen molar-refractivity contribution in [3.05, 3.63) is 58.9 Å². The number of ether oxygens (including phenoxy) is 1. The first kappa shape index (κ1) is 20.3. The van der Waals surface area contributed by atoms with Crippen molar-refractivity contribution >= 4 is 23.3 Å². The third-order valence-corrected chi connectivity index (χ3v) is 5.35. The van der Waals surface area contributed by atoms with Crippen molar-refractivity contribution in [2.24, 2.45) is 0 Å². The molecule has 1 fully saturated rings. The Bertz CT molecular complexity index is 808. The molecule has 0 saturated carbocycles. The minimum atomic E-state index is -0.467. The average Bonchev–Trinajstić information content (AvgIpc) is 2.70. The Morgan fingerprint density at radius 2 is 1.89 bits per heavy atom. The van der Waals surface area contributed by atoms with Crippen LogP contribution in [0.15, 0.2) is 42.5 Å². The van der Waals surface area contributed by atoms with E-state index in [9.17, 15) is 9.18 Å². The first-order valence-electron chi connectivity index (χ1n) is 9.37. The van der Waals surface area contributed by atoms with Gasteiger partial charge in [-0.1, -0.05) is 17.7 Å². The van der Waals surface area contributed by atoms with Gasteiger partial charge in [0.1, 0.15) is 11.6 Å². The number of nitrogens with one attached hydrogen (secondary N) is 2. The van der Waals surface area contributed by atoms with E-state index in [0.29, 0.717) is 0 Å². The molecule has 1 aliphatic heterocycles. The van der Waals surface area contributed by atoms with Gasteiger partial charge in [-0.15, -0.1) is 0 Å². The molecule has 1 atom stereocenters. The van der Waals surface area contributed by atoms with Gasteiger partial charge in [-0.25, -0.2) is 9.18 Å².